The van der Waals surface area contributed by atoms with Crippen molar-refractivity contribution in [1.82, 2.24) is 5.32 Å². The molecule has 1 saturated heterocycles. The van der Waals surface area contributed by atoms with E-state index in [0.29, 0.717) is 35.9 Å². The monoisotopic (exact) mass is 334 g/mol. The van der Waals surface area contributed by atoms with E-state index in [4.69, 9.17) is 15.2 Å². The largest absolute Gasteiger partial charge is 0.493 e. The van der Waals surface area contributed by atoms with E-state index in [1.807, 2.05) is 6.07 Å². The lowest BCUT2D eigenvalue weighted by molar-refractivity contribution is 0.0544. The second-order valence-electron chi connectivity index (χ2n) is 6.66. The molecule has 0 radical (unpaired) electrons. The van der Waals surface area contributed by atoms with Crippen molar-refractivity contribution in [2.45, 2.75) is 51.6 Å². The van der Waals surface area contributed by atoms with E-state index in [9.17, 15) is 4.79 Å². The molecule has 1 aromatic rings. The lowest BCUT2D eigenvalue weighted by atomic mass is 9.92. The SMILES string of the molecule is C[C@H](CCCOc1ccccc1C(N)=O)N[C@H](C)C1CCOCC1. The van der Waals surface area contributed by atoms with Crippen LogP contribution in [0.15, 0.2) is 24.3 Å². The van der Waals surface area contributed by atoms with Crippen molar-refractivity contribution in [3.05, 3.63) is 29.8 Å². The molecule has 1 fully saturated rings. The van der Waals surface area contributed by atoms with Gasteiger partial charge in [-0.25, -0.2) is 0 Å². The van der Waals surface area contributed by atoms with E-state index in [-0.39, 0.29) is 0 Å². The van der Waals surface area contributed by atoms with Gasteiger partial charge in [0.05, 0.1) is 12.2 Å². The van der Waals surface area contributed by atoms with Crippen molar-refractivity contribution in [2.75, 3.05) is 19.8 Å². The first-order valence-corrected chi connectivity index (χ1v) is 8.93. The second kappa shape index (κ2) is 9.64. The molecule has 0 saturated carbocycles. The molecule has 1 aromatic carbocycles. The van der Waals surface area contributed by atoms with Crippen LogP contribution >= 0.6 is 0 Å². The van der Waals surface area contributed by atoms with Gasteiger partial charge in [0.1, 0.15) is 5.75 Å². The van der Waals surface area contributed by atoms with Crippen molar-refractivity contribution < 1.29 is 14.3 Å². The first-order valence-electron chi connectivity index (χ1n) is 8.93. The molecule has 0 aromatic heterocycles. The Kier molecular flexibility index (Phi) is 7.53. The molecule has 5 heteroatoms. The fourth-order valence-electron chi connectivity index (χ4n) is 3.25. The summed E-state index contributed by atoms with van der Waals surface area (Å²) >= 11 is 0. The maximum absolute atomic E-state index is 11.4. The van der Waals surface area contributed by atoms with Crippen LogP contribution in [0.1, 0.15) is 49.9 Å². The van der Waals surface area contributed by atoms with Crippen LogP contribution in [0.3, 0.4) is 0 Å². The van der Waals surface area contributed by atoms with Gasteiger partial charge in [-0.1, -0.05) is 12.1 Å². The van der Waals surface area contributed by atoms with Crippen molar-refractivity contribution in [2.24, 2.45) is 11.7 Å². The topological polar surface area (TPSA) is 73.6 Å². The van der Waals surface area contributed by atoms with Gasteiger partial charge in [0.15, 0.2) is 0 Å². The molecule has 0 spiro atoms. The molecule has 3 N–H and O–H groups in total. The molecular weight excluding hydrogens is 304 g/mol. The molecule has 1 heterocycles. The van der Waals surface area contributed by atoms with Gasteiger partial charge in [0, 0.05) is 25.3 Å². The Labute approximate surface area is 144 Å². The fourth-order valence-corrected chi connectivity index (χ4v) is 3.25. The van der Waals surface area contributed by atoms with Crippen LogP contribution in [-0.4, -0.2) is 37.8 Å². The standard InChI is InChI=1S/C19H30N2O3/c1-14(21-15(2)16-9-12-23-13-10-16)6-5-11-24-18-8-4-3-7-17(18)19(20)22/h3-4,7-8,14-16,21H,5-6,9-13H2,1-2H3,(H2,20,22)/t14-,15-/m1/s1. The molecule has 134 valence electrons. The molecule has 5 nitrogen and oxygen atoms in total. The summed E-state index contributed by atoms with van der Waals surface area (Å²) < 4.78 is 11.2. The molecule has 24 heavy (non-hydrogen) atoms. The number of rotatable bonds is 9. The number of nitrogens with two attached hydrogens (primary N) is 1. The third-order valence-corrected chi connectivity index (χ3v) is 4.71. The highest BCUT2D eigenvalue weighted by Crippen LogP contribution is 2.20. The Hall–Kier alpha value is -1.59. The number of primary amides is 1. The van der Waals surface area contributed by atoms with Crippen LogP contribution in [0, 0.1) is 5.92 Å². The first kappa shape index (κ1) is 18.7. The number of carbonyl (C=O) groups is 1. The van der Waals surface area contributed by atoms with Crippen LogP contribution in [0.2, 0.25) is 0 Å². The fraction of sp³-hybridized carbons (Fsp3) is 0.632. The van der Waals surface area contributed by atoms with E-state index in [1.165, 1.54) is 0 Å². The molecular formula is C19H30N2O3. The summed E-state index contributed by atoms with van der Waals surface area (Å²) in [5.41, 5.74) is 5.80. The maximum atomic E-state index is 11.4. The molecule has 1 aliphatic heterocycles. The second-order valence-corrected chi connectivity index (χ2v) is 6.66. The van der Waals surface area contributed by atoms with Gasteiger partial charge in [-0.3, -0.25) is 4.79 Å². The minimum absolute atomic E-state index is 0.441. The molecule has 0 unspecified atom stereocenters. The number of hydrogen-bond donors (Lipinski definition) is 2. The number of nitrogens with one attached hydrogen (secondary N) is 1. The maximum Gasteiger partial charge on any atom is 0.252 e. The number of hydrogen-bond acceptors (Lipinski definition) is 4. The molecule has 2 rings (SSSR count). The van der Waals surface area contributed by atoms with Crippen LogP contribution in [0.25, 0.3) is 0 Å². The number of benzene rings is 1. The Morgan fingerprint density at radius 1 is 1.33 bits per heavy atom. The summed E-state index contributed by atoms with van der Waals surface area (Å²) in [6, 6.07) is 8.07. The number of amides is 1. The van der Waals surface area contributed by atoms with E-state index in [1.54, 1.807) is 18.2 Å². The van der Waals surface area contributed by atoms with Crippen molar-refractivity contribution in [3.8, 4) is 5.75 Å². The minimum Gasteiger partial charge on any atom is -0.493 e. The van der Waals surface area contributed by atoms with E-state index >= 15 is 0 Å². The highest BCUT2D eigenvalue weighted by molar-refractivity contribution is 5.95. The summed E-state index contributed by atoms with van der Waals surface area (Å²) in [4.78, 5) is 11.4. The third-order valence-electron chi connectivity index (χ3n) is 4.71. The third kappa shape index (κ3) is 5.80. The van der Waals surface area contributed by atoms with Gasteiger partial charge in [0.2, 0.25) is 0 Å². The first-order chi connectivity index (χ1) is 11.6. The van der Waals surface area contributed by atoms with Gasteiger partial charge in [-0.15, -0.1) is 0 Å². The predicted molar refractivity (Wildman–Crippen MR) is 95.3 cm³/mol. The molecule has 0 aliphatic carbocycles. The highest BCUT2D eigenvalue weighted by atomic mass is 16.5. The lowest BCUT2D eigenvalue weighted by Crippen LogP contribution is -2.41. The smallest absolute Gasteiger partial charge is 0.252 e. The van der Waals surface area contributed by atoms with Gasteiger partial charge in [-0.2, -0.15) is 0 Å². The van der Waals surface area contributed by atoms with E-state index in [2.05, 4.69) is 19.2 Å². The van der Waals surface area contributed by atoms with Crippen molar-refractivity contribution in [1.29, 1.82) is 0 Å². The van der Waals surface area contributed by atoms with Crippen molar-refractivity contribution >= 4 is 5.91 Å². The van der Waals surface area contributed by atoms with E-state index in [0.717, 1.165) is 38.9 Å². The molecule has 2 atom stereocenters. The quantitative estimate of drug-likeness (QED) is 0.681. The Balaban J connectivity index is 1.67. The zero-order valence-electron chi connectivity index (χ0n) is 14.8. The van der Waals surface area contributed by atoms with Crippen LogP contribution in [0.5, 0.6) is 5.75 Å². The van der Waals surface area contributed by atoms with Gasteiger partial charge < -0.3 is 20.5 Å². The Morgan fingerprint density at radius 2 is 2.04 bits per heavy atom. The molecule has 0 bridgehead atoms. The predicted octanol–water partition coefficient (Wildman–Crippen LogP) is 2.74. The summed E-state index contributed by atoms with van der Waals surface area (Å²) in [6.07, 6.45) is 4.26. The average Bonchev–Trinajstić information content (AvgIpc) is 2.59. The van der Waals surface area contributed by atoms with Crippen LogP contribution < -0.4 is 15.8 Å². The summed E-state index contributed by atoms with van der Waals surface area (Å²) in [5.74, 6) is 0.826. The van der Waals surface area contributed by atoms with Gasteiger partial charge in [-0.05, 0) is 57.6 Å². The molecule has 1 aliphatic rings. The number of ether oxygens (including phenoxy) is 2. The lowest BCUT2D eigenvalue weighted by Gasteiger charge is -2.30. The number of para-hydroxylation sites is 1. The normalized spacial score (nSPS) is 18.1. The minimum atomic E-state index is -0.453. The van der Waals surface area contributed by atoms with E-state index < -0.39 is 5.91 Å². The molecule has 1 amide bonds. The summed E-state index contributed by atoms with van der Waals surface area (Å²) in [7, 11) is 0. The summed E-state index contributed by atoms with van der Waals surface area (Å²) in [5, 5.41) is 3.69. The Morgan fingerprint density at radius 3 is 2.75 bits per heavy atom. The average molecular weight is 334 g/mol. The zero-order valence-corrected chi connectivity index (χ0v) is 14.8. The number of carbonyl (C=O) groups excluding carboxylic acids is 1. The van der Waals surface area contributed by atoms with Crippen LogP contribution in [-0.2, 0) is 4.74 Å². The zero-order chi connectivity index (χ0) is 17.4. The highest BCUT2D eigenvalue weighted by Gasteiger charge is 2.21. The summed E-state index contributed by atoms with van der Waals surface area (Å²) in [6.45, 7) is 6.84. The van der Waals surface area contributed by atoms with Gasteiger partial charge >= 0.3 is 0 Å². The van der Waals surface area contributed by atoms with Gasteiger partial charge in [0.25, 0.3) is 5.91 Å². The van der Waals surface area contributed by atoms with Crippen LogP contribution in [0.4, 0.5) is 0 Å². The Bertz CT molecular complexity index is 515. The van der Waals surface area contributed by atoms with Crippen molar-refractivity contribution in [3.63, 3.8) is 0 Å².